The van der Waals surface area contributed by atoms with E-state index >= 15 is 0 Å². The molecule has 1 N–H and O–H groups in total. The van der Waals surface area contributed by atoms with Crippen molar-refractivity contribution < 1.29 is 23.0 Å². The predicted molar refractivity (Wildman–Crippen MR) is 109 cm³/mol. The zero-order chi connectivity index (χ0) is 21.8. The van der Waals surface area contributed by atoms with Gasteiger partial charge in [-0.1, -0.05) is 6.07 Å². The lowest BCUT2D eigenvalue weighted by Gasteiger charge is -2.11. The van der Waals surface area contributed by atoms with Crippen LogP contribution in [0.2, 0.25) is 0 Å². The highest BCUT2D eigenvalue weighted by Crippen LogP contribution is 2.60. The minimum absolute atomic E-state index is 0.0344. The Labute approximate surface area is 180 Å². The summed E-state index contributed by atoms with van der Waals surface area (Å²) in [5.74, 6) is 0.396. The van der Waals surface area contributed by atoms with Crippen LogP contribution >= 0.6 is 0 Å². The van der Waals surface area contributed by atoms with E-state index in [4.69, 9.17) is 9.47 Å². The maximum absolute atomic E-state index is 13.8. The van der Waals surface area contributed by atoms with Crippen LogP contribution in [0.5, 0.6) is 17.4 Å². The van der Waals surface area contributed by atoms with Gasteiger partial charge in [-0.05, 0) is 29.8 Å². The van der Waals surface area contributed by atoms with Gasteiger partial charge in [0.2, 0.25) is 5.88 Å². The number of hydrogen-bond acceptors (Lipinski definition) is 6. The number of imidazole rings is 1. The monoisotopic (exact) mass is 434 g/mol. The second kappa shape index (κ2) is 7.08. The minimum Gasteiger partial charge on any atom is -0.489 e. The number of hydrogen-bond donors (Lipinski definition) is 1. The topological polar surface area (TPSA) is 90.0 Å². The van der Waals surface area contributed by atoms with Crippen LogP contribution in [0.4, 0.5) is 8.78 Å². The number of nitrogens with zero attached hydrogens (tertiary/aromatic N) is 3. The average Bonchev–Trinajstić information content (AvgIpc) is 3.12. The predicted octanol–water partition coefficient (Wildman–Crippen LogP) is 4.10. The van der Waals surface area contributed by atoms with Gasteiger partial charge in [0.15, 0.2) is 5.65 Å². The van der Waals surface area contributed by atoms with E-state index in [0.717, 1.165) is 23.4 Å². The van der Waals surface area contributed by atoms with Gasteiger partial charge < -0.3 is 14.5 Å². The number of carbonyl (C=O) groups excluding carboxylic acids is 1. The molecule has 1 fully saturated rings. The summed E-state index contributed by atoms with van der Waals surface area (Å²) in [7, 11) is 0. The van der Waals surface area contributed by atoms with Crippen molar-refractivity contribution in [3.63, 3.8) is 0 Å². The molecule has 4 aromatic rings. The van der Waals surface area contributed by atoms with Crippen molar-refractivity contribution in [3.05, 3.63) is 71.8 Å². The highest BCUT2D eigenvalue weighted by molar-refractivity contribution is 5.82. The number of nitrogens with one attached hydrogen (secondary N) is 1. The Morgan fingerprint density at radius 3 is 2.91 bits per heavy atom. The molecular weight excluding hydrogens is 418 g/mol. The number of carbonyl (C=O) groups is 1. The van der Waals surface area contributed by atoms with Crippen molar-refractivity contribution in [1.82, 2.24) is 19.9 Å². The highest BCUT2D eigenvalue weighted by atomic mass is 19.1. The molecule has 0 saturated heterocycles. The molecule has 1 aliphatic heterocycles. The van der Waals surface area contributed by atoms with Crippen LogP contribution in [0.3, 0.4) is 0 Å². The maximum Gasteiger partial charge on any atom is 0.248 e. The zero-order valence-electron chi connectivity index (χ0n) is 16.6. The molecule has 6 rings (SSSR count). The number of aromatic amines is 1. The molecule has 0 unspecified atom stereocenters. The molecule has 3 atom stereocenters. The van der Waals surface area contributed by atoms with E-state index in [2.05, 4.69) is 19.9 Å². The van der Waals surface area contributed by atoms with Gasteiger partial charge in [0.1, 0.15) is 46.9 Å². The summed E-state index contributed by atoms with van der Waals surface area (Å²) in [4.78, 5) is 27.8. The Morgan fingerprint density at radius 1 is 1.12 bits per heavy atom. The average molecular weight is 434 g/mol. The van der Waals surface area contributed by atoms with Gasteiger partial charge in [-0.15, -0.1) is 0 Å². The summed E-state index contributed by atoms with van der Waals surface area (Å²) in [6.45, 7) is 0. The minimum atomic E-state index is -0.700. The first kappa shape index (κ1) is 18.9. The van der Waals surface area contributed by atoms with E-state index in [1.807, 2.05) is 12.1 Å². The first-order valence-corrected chi connectivity index (χ1v) is 10.1. The number of ketones is 1. The molecule has 1 aliphatic carbocycles. The Kier molecular flexibility index (Phi) is 4.17. The van der Waals surface area contributed by atoms with Crippen LogP contribution in [0, 0.1) is 17.6 Å². The molecule has 0 spiro atoms. The van der Waals surface area contributed by atoms with E-state index in [9.17, 15) is 13.6 Å². The van der Waals surface area contributed by atoms with Gasteiger partial charge >= 0.3 is 0 Å². The van der Waals surface area contributed by atoms with E-state index < -0.39 is 11.6 Å². The summed E-state index contributed by atoms with van der Waals surface area (Å²) in [6.07, 6.45) is 3.05. The lowest BCUT2D eigenvalue weighted by atomic mass is 10.0. The van der Waals surface area contributed by atoms with Gasteiger partial charge in [0.25, 0.3) is 0 Å². The van der Waals surface area contributed by atoms with Crippen LogP contribution in [-0.2, 0) is 11.2 Å². The molecule has 2 aliphatic rings. The largest absolute Gasteiger partial charge is 0.489 e. The van der Waals surface area contributed by atoms with Crippen LogP contribution in [0.25, 0.3) is 11.2 Å². The third kappa shape index (κ3) is 3.17. The Bertz CT molecular complexity index is 1370. The van der Waals surface area contributed by atoms with Gasteiger partial charge in [-0.2, -0.15) is 4.98 Å². The molecule has 3 heterocycles. The molecule has 32 heavy (non-hydrogen) atoms. The van der Waals surface area contributed by atoms with Gasteiger partial charge in [-0.25, -0.2) is 18.7 Å². The SMILES string of the molecule is O=C(Cc1ccc(F)cc1F)C[C@@H]1[C@H]2Oc3ccc(Oc4ncnc5nc[nH]c45)cc3[C@@H]12. The number of rotatable bonds is 6. The van der Waals surface area contributed by atoms with Crippen molar-refractivity contribution in [1.29, 1.82) is 0 Å². The smallest absolute Gasteiger partial charge is 0.248 e. The lowest BCUT2D eigenvalue weighted by Crippen LogP contribution is -2.09. The Morgan fingerprint density at radius 2 is 2.03 bits per heavy atom. The molecule has 1 saturated carbocycles. The highest BCUT2D eigenvalue weighted by Gasteiger charge is 2.59. The lowest BCUT2D eigenvalue weighted by molar-refractivity contribution is -0.119. The third-order valence-corrected chi connectivity index (χ3v) is 5.97. The van der Waals surface area contributed by atoms with Crippen LogP contribution in [0.15, 0.2) is 49.1 Å². The fourth-order valence-electron chi connectivity index (χ4n) is 4.40. The number of benzene rings is 2. The van der Waals surface area contributed by atoms with E-state index in [1.54, 1.807) is 6.07 Å². The number of Topliss-reactive ketones (excluding diaryl/α,β-unsaturated/α-hetero) is 1. The van der Waals surface area contributed by atoms with E-state index in [-0.39, 0.29) is 42.1 Å². The van der Waals surface area contributed by atoms with E-state index in [0.29, 0.717) is 22.8 Å². The molecule has 2 aromatic heterocycles. The van der Waals surface area contributed by atoms with Crippen LogP contribution in [0.1, 0.15) is 23.5 Å². The number of ether oxygens (including phenoxy) is 2. The summed E-state index contributed by atoms with van der Waals surface area (Å²) in [5, 5.41) is 0. The first-order chi connectivity index (χ1) is 15.6. The molecule has 7 nitrogen and oxygen atoms in total. The molecule has 2 aromatic carbocycles. The van der Waals surface area contributed by atoms with Gasteiger partial charge in [-0.3, -0.25) is 4.79 Å². The molecule has 0 bridgehead atoms. The molecule has 0 radical (unpaired) electrons. The zero-order valence-corrected chi connectivity index (χ0v) is 16.6. The third-order valence-electron chi connectivity index (χ3n) is 5.97. The molecule has 0 amide bonds. The first-order valence-electron chi connectivity index (χ1n) is 10.1. The summed E-state index contributed by atoms with van der Waals surface area (Å²) < 4.78 is 38.8. The number of fused-ring (bicyclic) bond motifs is 4. The number of aromatic nitrogens is 4. The summed E-state index contributed by atoms with van der Waals surface area (Å²) in [6, 6.07) is 8.81. The van der Waals surface area contributed by atoms with E-state index in [1.165, 1.54) is 18.7 Å². The Hall–Kier alpha value is -3.88. The normalized spacial score (nSPS) is 20.5. The number of H-pyrrole nitrogens is 1. The maximum atomic E-state index is 13.8. The summed E-state index contributed by atoms with van der Waals surface area (Å²) >= 11 is 0. The van der Waals surface area contributed by atoms with Crippen LogP contribution in [-0.4, -0.2) is 31.8 Å². The standard InChI is InChI=1S/C23H16F2N4O3/c24-12-2-1-11(17(25)6-12)5-13(30)7-16-19-15-8-14(3-4-18(15)32-21(16)19)31-23-20-22(27-9-26-20)28-10-29-23/h1-4,6,8-10,16,19,21H,5,7H2,(H,26,27,28,29)/t16-,19-,21+/m0/s1. The molecule has 160 valence electrons. The van der Waals surface area contributed by atoms with Crippen molar-refractivity contribution in [2.45, 2.75) is 24.9 Å². The second-order valence-electron chi connectivity index (χ2n) is 8.01. The summed E-state index contributed by atoms with van der Waals surface area (Å²) in [5.41, 5.74) is 2.30. The molecular formula is C23H16F2N4O3. The quantitative estimate of drug-likeness (QED) is 0.492. The second-order valence-corrected chi connectivity index (χ2v) is 8.01. The van der Waals surface area contributed by atoms with Gasteiger partial charge in [0, 0.05) is 36.3 Å². The van der Waals surface area contributed by atoms with Crippen molar-refractivity contribution in [2.75, 3.05) is 0 Å². The fourth-order valence-corrected chi connectivity index (χ4v) is 4.40. The molecule has 9 heteroatoms. The van der Waals surface area contributed by atoms with Gasteiger partial charge in [0.05, 0.1) is 6.33 Å². The van der Waals surface area contributed by atoms with Crippen molar-refractivity contribution >= 4 is 16.9 Å². The number of halogens is 2. The van der Waals surface area contributed by atoms with Crippen molar-refractivity contribution in [3.8, 4) is 17.4 Å². The fraction of sp³-hybridized carbons (Fsp3) is 0.217. The Balaban J connectivity index is 1.16. The van der Waals surface area contributed by atoms with Crippen LogP contribution < -0.4 is 9.47 Å². The van der Waals surface area contributed by atoms with Crippen molar-refractivity contribution in [2.24, 2.45) is 5.92 Å².